The normalized spacial score (nSPS) is 36.2. The average Bonchev–Trinajstić information content (AvgIpc) is 3.57. The van der Waals surface area contributed by atoms with Gasteiger partial charge in [-0.15, -0.1) is 0 Å². The number of amides is 2. The van der Waals surface area contributed by atoms with Crippen LogP contribution in [-0.2, 0) is 9.59 Å². The van der Waals surface area contributed by atoms with Gasteiger partial charge in [0.05, 0.1) is 17.5 Å². The van der Waals surface area contributed by atoms with Crippen LogP contribution in [0.3, 0.4) is 0 Å². The molecule has 154 valence electrons. The van der Waals surface area contributed by atoms with Crippen molar-refractivity contribution < 1.29 is 9.59 Å². The zero-order valence-electron chi connectivity index (χ0n) is 17.6. The summed E-state index contributed by atoms with van der Waals surface area (Å²) in [6, 6.07) is 18.1. The lowest BCUT2D eigenvalue weighted by atomic mass is 9.72. The van der Waals surface area contributed by atoms with Crippen molar-refractivity contribution in [2.75, 3.05) is 4.90 Å². The van der Waals surface area contributed by atoms with Gasteiger partial charge in [0.25, 0.3) is 0 Å². The quantitative estimate of drug-likeness (QED) is 0.391. The van der Waals surface area contributed by atoms with E-state index < -0.39 is 0 Å². The first-order valence-corrected chi connectivity index (χ1v) is 11.6. The molecule has 3 fully saturated rings. The topological polar surface area (TPSA) is 37.4 Å². The fourth-order valence-corrected chi connectivity index (χ4v) is 7.52. The smallest absolute Gasteiger partial charge is 0.238 e. The molecule has 2 amide bonds. The molecule has 4 bridgehead atoms. The number of aryl methyl sites for hydroxylation is 1. The molecule has 3 heteroatoms. The van der Waals surface area contributed by atoms with Crippen molar-refractivity contribution >= 4 is 23.6 Å². The first kappa shape index (κ1) is 17.7. The Morgan fingerprint density at radius 1 is 0.806 bits per heavy atom. The van der Waals surface area contributed by atoms with Crippen molar-refractivity contribution in [1.29, 1.82) is 0 Å². The molecule has 1 saturated heterocycles. The maximum atomic E-state index is 13.7. The van der Waals surface area contributed by atoms with Crippen LogP contribution in [0.5, 0.6) is 0 Å². The predicted molar refractivity (Wildman–Crippen MR) is 120 cm³/mol. The van der Waals surface area contributed by atoms with Gasteiger partial charge in [-0.25, -0.2) is 4.90 Å². The molecule has 6 atom stereocenters. The Morgan fingerprint density at radius 2 is 1.39 bits per heavy atom. The minimum Gasteiger partial charge on any atom is -0.274 e. The van der Waals surface area contributed by atoms with Crippen LogP contribution in [0.25, 0.3) is 6.08 Å². The van der Waals surface area contributed by atoms with E-state index in [0.29, 0.717) is 11.8 Å². The Labute approximate surface area is 182 Å². The summed E-state index contributed by atoms with van der Waals surface area (Å²) in [6.07, 6.45) is 6.07. The minimum absolute atomic E-state index is 0.0119. The van der Waals surface area contributed by atoms with E-state index in [9.17, 15) is 9.59 Å². The van der Waals surface area contributed by atoms with E-state index in [1.54, 1.807) is 11.1 Å². The summed E-state index contributed by atoms with van der Waals surface area (Å²) in [5, 5.41) is 0. The van der Waals surface area contributed by atoms with E-state index in [-0.39, 0.29) is 35.5 Å². The lowest BCUT2D eigenvalue weighted by molar-refractivity contribution is -0.123. The number of carbonyl (C=O) groups excluding carboxylic acids is 2. The van der Waals surface area contributed by atoms with Gasteiger partial charge in [-0.05, 0) is 55.7 Å². The monoisotopic (exact) mass is 407 g/mol. The maximum Gasteiger partial charge on any atom is 0.238 e. The lowest BCUT2D eigenvalue weighted by Gasteiger charge is -2.28. The van der Waals surface area contributed by atoms with Crippen molar-refractivity contribution in [3.05, 3.63) is 82.4 Å². The number of carbonyl (C=O) groups is 2. The Bertz CT molecular complexity index is 1140. The molecule has 0 aromatic heterocycles. The van der Waals surface area contributed by atoms with Gasteiger partial charge >= 0.3 is 0 Å². The van der Waals surface area contributed by atoms with E-state index in [0.717, 1.165) is 5.69 Å². The summed E-state index contributed by atoms with van der Waals surface area (Å²) >= 11 is 0. The second-order valence-electron chi connectivity index (χ2n) is 10.0. The number of anilines is 1. The number of para-hydroxylation sites is 1. The van der Waals surface area contributed by atoms with Gasteiger partial charge in [-0.2, -0.15) is 0 Å². The van der Waals surface area contributed by atoms with Gasteiger partial charge in [0.2, 0.25) is 11.8 Å². The zero-order valence-corrected chi connectivity index (χ0v) is 17.6. The number of imide groups is 1. The molecule has 3 nitrogen and oxygen atoms in total. The molecule has 2 saturated carbocycles. The van der Waals surface area contributed by atoms with E-state index in [2.05, 4.69) is 37.3 Å². The lowest BCUT2D eigenvalue weighted by Crippen LogP contribution is -2.33. The van der Waals surface area contributed by atoms with Crippen LogP contribution in [0.4, 0.5) is 5.69 Å². The van der Waals surface area contributed by atoms with Crippen LogP contribution < -0.4 is 4.90 Å². The number of fused-ring (bicyclic) bond motifs is 11. The molecule has 5 aliphatic rings. The Hall–Kier alpha value is -2.94. The average molecular weight is 408 g/mol. The summed E-state index contributed by atoms with van der Waals surface area (Å²) in [4.78, 5) is 28.8. The van der Waals surface area contributed by atoms with Crippen LogP contribution in [-0.4, -0.2) is 11.8 Å². The van der Waals surface area contributed by atoms with Crippen LogP contribution in [0.15, 0.2) is 71.3 Å². The number of hydrogen-bond acceptors (Lipinski definition) is 2. The zero-order chi connectivity index (χ0) is 20.9. The van der Waals surface area contributed by atoms with Gasteiger partial charge in [0.1, 0.15) is 0 Å². The fraction of sp³-hybridized carbons (Fsp3) is 0.357. The van der Waals surface area contributed by atoms with Gasteiger partial charge in [-0.3, -0.25) is 9.59 Å². The molecule has 7 rings (SSSR count). The van der Waals surface area contributed by atoms with E-state index >= 15 is 0 Å². The number of hydrogen-bond donors (Lipinski definition) is 0. The second kappa shape index (κ2) is 6.06. The van der Waals surface area contributed by atoms with Crippen molar-refractivity contribution in [2.45, 2.75) is 26.2 Å². The molecule has 1 heterocycles. The highest BCUT2D eigenvalue weighted by Gasteiger charge is 2.69. The Kier molecular flexibility index (Phi) is 3.46. The number of benzene rings is 2. The van der Waals surface area contributed by atoms with Crippen LogP contribution >= 0.6 is 0 Å². The predicted octanol–water partition coefficient (Wildman–Crippen LogP) is 5.17. The summed E-state index contributed by atoms with van der Waals surface area (Å²) in [5.74, 6) is 1.12. The van der Waals surface area contributed by atoms with Crippen molar-refractivity contribution in [3.63, 3.8) is 0 Å². The molecule has 0 N–H and O–H groups in total. The van der Waals surface area contributed by atoms with Crippen molar-refractivity contribution in [1.82, 2.24) is 0 Å². The van der Waals surface area contributed by atoms with Crippen molar-refractivity contribution in [2.24, 2.45) is 35.5 Å². The van der Waals surface area contributed by atoms with Gasteiger partial charge < -0.3 is 0 Å². The highest BCUT2D eigenvalue weighted by Crippen LogP contribution is 2.70. The molecule has 2 aromatic carbocycles. The third kappa shape index (κ3) is 2.19. The van der Waals surface area contributed by atoms with Crippen LogP contribution in [0, 0.1) is 42.4 Å². The molecule has 31 heavy (non-hydrogen) atoms. The molecular formula is C28H25NO2. The van der Waals surface area contributed by atoms with E-state index in [1.807, 2.05) is 30.3 Å². The second-order valence-corrected chi connectivity index (χ2v) is 10.0. The van der Waals surface area contributed by atoms with Gasteiger partial charge in [0.15, 0.2) is 0 Å². The van der Waals surface area contributed by atoms with Gasteiger partial charge in [0, 0.05) is 11.8 Å². The number of nitrogens with zero attached hydrogens (tertiary/aromatic N) is 1. The third-order valence-corrected chi connectivity index (χ3v) is 8.58. The summed E-state index contributed by atoms with van der Waals surface area (Å²) in [7, 11) is 0. The third-order valence-electron chi connectivity index (χ3n) is 8.58. The molecule has 0 radical (unpaired) electrons. The Balaban J connectivity index is 1.36. The molecular weight excluding hydrogens is 382 g/mol. The first-order valence-electron chi connectivity index (χ1n) is 11.6. The standard InChI is InChI=1S/C28H25NO2/c1-15-7-9-16(10-8-15)13-20-23-21-17-11-12-18(14-17)22(21)24(20)26-25(23)27(30)29(28(26)31)19-5-3-2-4-6-19/h2-10,13,17-18,23-26H,11-12,14H2,1H3/t17-,18-,23-,24-,25-,26+/m0/s1. The SMILES string of the molecule is Cc1ccc(C=C2[C@H]3C4=C([C@H]5CC[C@H]4C5)[C@H]2[C@@H]2C(=O)N(c4ccccc4)C(=O)[C@H]32)cc1. The molecule has 2 aromatic rings. The summed E-state index contributed by atoms with van der Waals surface area (Å²) in [6.45, 7) is 2.10. The number of allylic oxidation sites excluding steroid dienone is 3. The highest BCUT2D eigenvalue weighted by molar-refractivity contribution is 6.23. The highest BCUT2D eigenvalue weighted by atomic mass is 16.2. The largest absolute Gasteiger partial charge is 0.274 e. The maximum absolute atomic E-state index is 13.7. The van der Waals surface area contributed by atoms with Crippen molar-refractivity contribution in [3.8, 4) is 0 Å². The van der Waals surface area contributed by atoms with Crippen LogP contribution in [0.1, 0.15) is 30.4 Å². The van der Waals surface area contributed by atoms with E-state index in [4.69, 9.17) is 0 Å². The summed E-state index contributed by atoms with van der Waals surface area (Å²) in [5.41, 5.74) is 7.60. The fourth-order valence-electron chi connectivity index (χ4n) is 7.52. The molecule has 1 aliphatic heterocycles. The summed E-state index contributed by atoms with van der Waals surface area (Å²) < 4.78 is 0. The van der Waals surface area contributed by atoms with Crippen LogP contribution in [0.2, 0.25) is 0 Å². The molecule has 4 aliphatic carbocycles. The first-order chi connectivity index (χ1) is 15.1. The number of rotatable bonds is 2. The Morgan fingerprint density at radius 3 is 1.97 bits per heavy atom. The minimum atomic E-state index is -0.215. The molecule has 0 spiro atoms. The van der Waals surface area contributed by atoms with E-state index in [1.165, 1.54) is 40.9 Å². The molecule has 0 unspecified atom stereocenters. The van der Waals surface area contributed by atoms with Gasteiger partial charge in [-0.1, -0.05) is 70.8 Å².